The van der Waals surface area contributed by atoms with E-state index in [1.165, 1.54) is 50.5 Å². The van der Waals surface area contributed by atoms with E-state index in [-0.39, 0.29) is 23.0 Å². The number of unbranched alkanes of at least 4 members (excludes halogenated alkanes) is 7. The van der Waals surface area contributed by atoms with Crippen LogP contribution in [0.2, 0.25) is 0 Å². The number of nitrogens with one attached hydrogen (secondary N) is 2. The van der Waals surface area contributed by atoms with Crippen LogP contribution in [0.15, 0.2) is 84.9 Å². The van der Waals surface area contributed by atoms with Crippen LogP contribution >= 0.6 is 0 Å². The zero-order valence-corrected chi connectivity index (χ0v) is 26.6. The Morgan fingerprint density at radius 3 is 1.76 bits per heavy atom. The van der Waals surface area contributed by atoms with Gasteiger partial charge in [-0.05, 0) is 60.2 Å². The predicted octanol–water partition coefficient (Wildman–Crippen LogP) is 9.89. The first-order valence-corrected chi connectivity index (χ1v) is 16.6. The number of fused-ring (bicyclic) bond motifs is 2. The standard InChI is InChI=1S/C40H44N2O3/c1-3-5-7-8-9-13-27-41-34-25-26-35(37-36(34)38(43)32-15-11-12-16-33(32)39(37)44)42-40(45)31-23-21-30(22-24-31)29-19-17-28(18-20-29)14-10-6-4-2/h11-12,15-26,41H,3-10,13-14,27H2,1-2H3,(H,42,45). The van der Waals surface area contributed by atoms with Gasteiger partial charge in [-0.1, -0.05) is 119 Å². The van der Waals surface area contributed by atoms with E-state index in [4.69, 9.17) is 0 Å². The fourth-order valence-corrected chi connectivity index (χ4v) is 6.05. The van der Waals surface area contributed by atoms with Crippen LogP contribution in [0.5, 0.6) is 0 Å². The molecule has 1 aliphatic carbocycles. The summed E-state index contributed by atoms with van der Waals surface area (Å²) in [6, 6.07) is 26.5. The normalized spacial score (nSPS) is 12.0. The van der Waals surface area contributed by atoms with E-state index in [1.807, 2.05) is 12.1 Å². The first-order chi connectivity index (χ1) is 22.0. The van der Waals surface area contributed by atoms with E-state index in [0.29, 0.717) is 40.2 Å². The molecule has 5 rings (SSSR count). The molecular formula is C40H44N2O3. The molecule has 4 aromatic carbocycles. The second-order valence-corrected chi connectivity index (χ2v) is 12.0. The molecule has 4 aromatic rings. The van der Waals surface area contributed by atoms with Crippen LogP contribution in [-0.2, 0) is 6.42 Å². The molecule has 0 fully saturated rings. The molecule has 0 bridgehead atoms. The number of benzene rings is 4. The lowest BCUT2D eigenvalue weighted by Gasteiger charge is -2.23. The van der Waals surface area contributed by atoms with Crippen LogP contribution in [0, 0.1) is 0 Å². The van der Waals surface area contributed by atoms with E-state index in [2.05, 4.69) is 48.7 Å². The van der Waals surface area contributed by atoms with Crippen molar-refractivity contribution in [2.24, 2.45) is 0 Å². The molecule has 0 saturated heterocycles. The van der Waals surface area contributed by atoms with Gasteiger partial charge in [-0.3, -0.25) is 14.4 Å². The second-order valence-electron chi connectivity index (χ2n) is 12.0. The highest BCUT2D eigenvalue weighted by Crippen LogP contribution is 2.37. The summed E-state index contributed by atoms with van der Waals surface area (Å²) in [7, 11) is 0. The Morgan fingerprint density at radius 1 is 0.578 bits per heavy atom. The van der Waals surface area contributed by atoms with Crippen LogP contribution in [0.4, 0.5) is 11.4 Å². The van der Waals surface area contributed by atoms with Gasteiger partial charge in [-0.25, -0.2) is 0 Å². The summed E-state index contributed by atoms with van der Waals surface area (Å²) in [6.07, 6.45) is 11.7. The van der Waals surface area contributed by atoms with Crippen molar-refractivity contribution >= 4 is 28.8 Å². The number of hydrogen-bond donors (Lipinski definition) is 2. The number of aryl methyl sites for hydroxylation is 1. The van der Waals surface area contributed by atoms with Gasteiger partial charge in [0.2, 0.25) is 0 Å². The fourth-order valence-electron chi connectivity index (χ4n) is 6.05. The highest BCUT2D eigenvalue weighted by Gasteiger charge is 2.34. The maximum Gasteiger partial charge on any atom is 0.255 e. The molecule has 5 heteroatoms. The van der Waals surface area contributed by atoms with Gasteiger partial charge >= 0.3 is 0 Å². The molecule has 1 amide bonds. The average Bonchev–Trinajstić information content (AvgIpc) is 3.07. The maximum absolute atomic E-state index is 13.8. The number of anilines is 2. The van der Waals surface area contributed by atoms with Crippen molar-refractivity contribution in [1.29, 1.82) is 0 Å². The van der Waals surface area contributed by atoms with Gasteiger partial charge in [0, 0.05) is 28.9 Å². The van der Waals surface area contributed by atoms with E-state index in [0.717, 1.165) is 30.4 Å². The molecule has 45 heavy (non-hydrogen) atoms. The highest BCUT2D eigenvalue weighted by atomic mass is 16.2. The van der Waals surface area contributed by atoms with Crippen molar-refractivity contribution in [3.63, 3.8) is 0 Å². The molecular weight excluding hydrogens is 556 g/mol. The Labute approximate surface area is 267 Å². The Balaban J connectivity index is 1.33. The largest absolute Gasteiger partial charge is 0.384 e. The third-order valence-corrected chi connectivity index (χ3v) is 8.67. The Bertz CT molecular complexity index is 1640. The number of carbonyl (C=O) groups is 3. The van der Waals surface area contributed by atoms with Gasteiger partial charge in [0.15, 0.2) is 11.6 Å². The zero-order chi connectivity index (χ0) is 31.6. The van der Waals surface area contributed by atoms with Gasteiger partial charge in [0.25, 0.3) is 5.91 Å². The summed E-state index contributed by atoms with van der Waals surface area (Å²) < 4.78 is 0. The third kappa shape index (κ3) is 7.59. The van der Waals surface area contributed by atoms with Crippen molar-refractivity contribution in [2.45, 2.75) is 78.1 Å². The Kier molecular flexibility index (Phi) is 11.0. The first-order valence-electron chi connectivity index (χ1n) is 16.6. The molecule has 232 valence electrons. The highest BCUT2D eigenvalue weighted by molar-refractivity contribution is 6.32. The summed E-state index contributed by atoms with van der Waals surface area (Å²) in [4.78, 5) is 41.0. The zero-order valence-electron chi connectivity index (χ0n) is 26.6. The van der Waals surface area contributed by atoms with Gasteiger partial charge in [0.05, 0.1) is 16.8 Å². The minimum atomic E-state index is -0.332. The molecule has 1 aliphatic rings. The lowest BCUT2D eigenvalue weighted by molar-refractivity contribution is 0.0979. The van der Waals surface area contributed by atoms with Crippen molar-refractivity contribution < 1.29 is 14.4 Å². The van der Waals surface area contributed by atoms with Crippen LogP contribution in [-0.4, -0.2) is 24.0 Å². The second kappa shape index (κ2) is 15.5. The molecule has 0 spiro atoms. The number of rotatable bonds is 15. The molecule has 2 N–H and O–H groups in total. The summed E-state index contributed by atoms with van der Waals surface area (Å²) in [5.74, 6) is -0.795. The molecule has 0 aromatic heterocycles. The number of amides is 1. The van der Waals surface area contributed by atoms with Crippen LogP contribution in [0.25, 0.3) is 11.1 Å². The number of carbonyl (C=O) groups excluding carboxylic acids is 3. The lowest BCUT2D eigenvalue weighted by atomic mass is 9.82. The molecule has 0 radical (unpaired) electrons. The quantitative estimate of drug-likeness (QED) is 0.117. The van der Waals surface area contributed by atoms with Crippen LogP contribution in [0.3, 0.4) is 0 Å². The minimum Gasteiger partial charge on any atom is -0.384 e. The average molecular weight is 601 g/mol. The molecule has 0 aliphatic heterocycles. The molecule has 0 heterocycles. The van der Waals surface area contributed by atoms with E-state index in [1.54, 1.807) is 48.5 Å². The maximum atomic E-state index is 13.8. The SMILES string of the molecule is CCCCCCCCNc1ccc(NC(=O)c2ccc(-c3ccc(CCCCC)cc3)cc2)c2c1C(=O)c1ccccc1C2=O. The van der Waals surface area contributed by atoms with Crippen molar-refractivity contribution in [2.75, 3.05) is 17.2 Å². The van der Waals surface area contributed by atoms with Gasteiger partial charge < -0.3 is 10.6 Å². The van der Waals surface area contributed by atoms with Crippen molar-refractivity contribution in [3.05, 3.63) is 118 Å². The Morgan fingerprint density at radius 2 is 1.11 bits per heavy atom. The van der Waals surface area contributed by atoms with Crippen molar-refractivity contribution in [3.8, 4) is 11.1 Å². The monoisotopic (exact) mass is 600 g/mol. The smallest absolute Gasteiger partial charge is 0.255 e. The fraction of sp³-hybridized carbons (Fsp3) is 0.325. The van der Waals surface area contributed by atoms with Crippen LogP contribution < -0.4 is 10.6 Å². The molecule has 0 atom stereocenters. The van der Waals surface area contributed by atoms with E-state index in [9.17, 15) is 14.4 Å². The summed E-state index contributed by atoms with van der Waals surface area (Å²) >= 11 is 0. The number of ketones is 2. The van der Waals surface area contributed by atoms with Gasteiger partial charge in [-0.2, -0.15) is 0 Å². The van der Waals surface area contributed by atoms with E-state index < -0.39 is 0 Å². The lowest BCUT2D eigenvalue weighted by Crippen LogP contribution is -2.25. The van der Waals surface area contributed by atoms with Gasteiger partial charge in [-0.15, -0.1) is 0 Å². The molecule has 5 nitrogen and oxygen atoms in total. The minimum absolute atomic E-state index is 0.206. The van der Waals surface area contributed by atoms with Gasteiger partial charge in [0.1, 0.15) is 0 Å². The van der Waals surface area contributed by atoms with Crippen molar-refractivity contribution in [1.82, 2.24) is 0 Å². The topological polar surface area (TPSA) is 75.3 Å². The predicted molar refractivity (Wildman–Crippen MR) is 185 cm³/mol. The Hall–Kier alpha value is -4.51. The van der Waals surface area contributed by atoms with E-state index >= 15 is 0 Å². The third-order valence-electron chi connectivity index (χ3n) is 8.67. The molecule has 0 saturated carbocycles. The summed E-state index contributed by atoms with van der Waals surface area (Å²) in [5.41, 5.74) is 6.25. The van der Waals surface area contributed by atoms with Crippen LogP contribution in [0.1, 0.15) is 119 Å². The summed E-state index contributed by atoms with van der Waals surface area (Å²) in [6.45, 7) is 5.13. The molecule has 0 unspecified atom stereocenters. The number of hydrogen-bond acceptors (Lipinski definition) is 4. The summed E-state index contributed by atoms with van der Waals surface area (Å²) in [5, 5.41) is 6.35. The first kappa shape index (κ1) is 31.9.